The number of ether oxygens (including phenoxy) is 1. The molecule has 0 saturated carbocycles. The van der Waals surface area contributed by atoms with Crippen LogP contribution >= 0.6 is 24.0 Å². The average Bonchev–Trinajstić information content (AvgIpc) is 2.56. The molecule has 0 fully saturated rings. The topological polar surface area (TPSA) is 48.9 Å². The van der Waals surface area contributed by atoms with Gasteiger partial charge in [0.1, 0.15) is 0 Å². The van der Waals surface area contributed by atoms with Crippen LogP contribution < -0.4 is 10.6 Å². The fourth-order valence-corrected chi connectivity index (χ4v) is 2.10. The maximum absolute atomic E-state index is 5.43. The Morgan fingerprint density at radius 2 is 1.80 bits per heavy atom. The van der Waals surface area contributed by atoms with Gasteiger partial charge in [0, 0.05) is 39.8 Å². The van der Waals surface area contributed by atoms with Crippen LogP contribution in [0, 0.1) is 0 Å². The highest BCUT2D eigenvalue weighted by molar-refractivity contribution is 14.0. The summed E-state index contributed by atoms with van der Waals surface area (Å²) in [6, 6.07) is 9.07. The summed E-state index contributed by atoms with van der Waals surface area (Å²) in [4.78, 5) is 6.63. The second-order valence-electron chi connectivity index (χ2n) is 7.02. The summed E-state index contributed by atoms with van der Waals surface area (Å²) < 4.78 is 5.43. The SMILES string of the molecule is CN=C(NCc1ccccc1CN(C)C(C)C)NCC(C)(C)OC.I. The first-order valence-corrected chi connectivity index (χ1v) is 8.55. The number of methoxy groups -OCH3 is 1. The Kier molecular flexibility index (Phi) is 11.3. The normalized spacial score (nSPS) is 12.3. The first kappa shape index (κ1) is 24.1. The van der Waals surface area contributed by atoms with E-state index in [1.54, 1.807) is 14.2 Å². The van der Waals surface area contributed by atoms with Crippen molar-refractivity contribution < 1.29 is 4.74 Å². The molecular formula is C19H35IN4O. The van der Waals surface area contributed by atoms with E-state index in [-0.39, 0.29) is 29.6 Å². The van der Waals surface area contributed by atoms with E-state index >= 15 is 0 Å². The Morgan fingerprint density at radius 1 is 1.20 bits per heavy atom. The molecule has 1 rings (SSSR count). The lowest BCUT2D eigenvalue weighted by Crippen LogP contribution is -2.45. The smallest absolute Gasteiger partial charge is 0.191 e. The predicted octanol–water partition coefficient (Wildman–Crippen LogP) is 3.23. The first-order valence-electron chi connectivity index (χ1n) is 8.55. The standard InChI is InChI=1S/C19H34N4O.HI/c1-15(2)23(6)13-17-11-9-8-10-16(17)12-21-18(20-5)22-14-19(3,4)24-7;/h8-11,15H,12-14H2,1-7H3,(H2,20,21,22);1H. The van der Waals surface area contributed by atoms with Crippen molar-refractivity contribution in [1.29, 1.82) is 0 Å². The number of nitrogens with one attached hydrogen (secondary N) is 2. The van der Waals surface area contributed by atoms with E-state index in [1.807, 2.05) is 13.8 Å². The highest BCUT2D eigenvalue weighted by Crippen LogP contribution is 2.12. The highest BCUT2D eigenvalue weighted by Gasteiger charge is 2.16. The van der Waals surface area contributed by atoms with Crippen molar-refractivity contribution in [3.05, 3.63) is 35.4 Å². The zero-order chi connectivity index (χ0) is 18.2. The third kappa shape index (κ3) is 8.87. The van der Waals surface area contributed by atoms with Crippen molar-refractivity contribution >= 4 is 29.9 Å². The largest absolute Gasteiger partial charge is 0.377 e. The number of nitrogens with zero attached hydrogens (tertiary/aromatic N) is 2. The lowest BCUT2D eigenvalue weighted by atomic mass is 10.1. The molecule has 0 bridgehead atoms. The minimum atomic E-state index is -0.227. The molecular weight excluding hydrogens is 427 g/mol. The molecule has 5 nitrogen and oxygen atoms in total. The van der Waals surface area contributed by atoms with Gasteiger partial charge in [0.05, 0.1) is 5.60 Å². The van der Waals surface area contributed by atoms with Gasteiger partial charge in [0.25, 0.3) is 0 Å². The second-order valence-corrected chi connectivity index (χ2v) is 7.02. The molecule has 0 aliphatic heterocycles. The summed E-state index contributed by atoms with van der Waals surface area (Å²) in [5, 5.41) is 6.70. The molecule has 0 radical (unpaired) electrons. The van der Waals surface area contributed by atoms with Crippen molar-refractivity contribution in [3.8, 4) is 0 Å². The Bertz CT molecular complexity index is 532. The number of benzene rings is 1. The molecule has 0 unspecified atom stereocenters. The van der Waals surface area contributed by atoms with Crippen LogP contribution in [0.4, 0.5) is 0 Å². The number of rotatable bonds is 8. The number of hydrogen-bond acceptors (Lipinski definition) is 3. The predicted molar refractivity (Wildman–Crippen MR) is 118 cm³/mol. The van der Waals surface area contributed by atoms with Gasteiger partial charge in [-0.2, -0.15) is 0 Å². The molecule has 0 atom stereocenters. The van der Waals surface area contributed by atoms with Crippen LogP contribution in [0.15, 0.2) is 29.3 Å². The quantitative estimate of drug-likeness (QED) is 0.354. The molecule has 2 N–H and O–H groups in total. The summed E-state index contributed by atoms with van der Waals surface area (Å²) in [5.41, 5.74) is 2.41. The zero-order valence-corrected chi connectivity index (χ0v) is 19.0. The van der Waals surface area contributed by atoms with Crippen LogP contribution in [-0.4, -0.2) is 50.3 Å². The molecule has 25 heavy (non-hydrogen) atoms. The molecule has 1 aromatic rings. The van der Waals surface area contributed by atoms with Gasteiger partial charge in [-0.3, -0.25) is 9.89 Å². The second kappa shape index (κ2) is 11.7. The molecule has 6 heteroatoms. The van der Waals surface area contributed by atoms with Gasteiger partial charge in [-0.25, -0.2) is 0 Å². The average molecular weight is 462 g/mol. The lowest BCUT2D eigenvalue weighted by molar-refractivity contribution is 0.0268. The summed E-state index contributed by atoms with van der Waals surface area (Å²) in [6.07, 6.45) is 0. The van der Waals surface area contributed by atoms with Gasteiger partial charge >= 0.3 is 0 Å². The van der Waals surface area contributed by atoms with Crippen LogP contribution in [0.1, 0.15) is 38.8 Å². The summed E-state index contributed by atoms with van der Waals surface area (Å²) in [7, 11) is 5.66. The van der Waals surface area contributed by atoms with Gasteiger partial charge in [-0.1, -0.05) is 24.3 Å². The molecule has 1 aromatic carbocycles. The van der Waals surface area contributed by atoms with Crippen molar-refractivity contribution in [1.82, 2.24) is 15.5 Å². The van der Waals surface area contributed by atoms with Crippen LogP contribution in [0.25, 0.3) is 0 Å². The van der Waals surface area contributed by atoms with E-state index in [9.17, 15) is 0 Å². The minimum Gasteiger partial charge on any atom is -0.377 e. The third-order valence-corrected chi connectivity index (χ3v) is 4.32. The van der Waals surface area contributed by atoms with Gasteiger partial charge < -0.3 is 15.4 Å². The van der Waals surface area contributed by atoms with E-state index in [1.165, 1.54) is 11.1 Å². The van der Waals surface area contributed by atoms with E-state index in [0.717, 1.165) is 19.0 Å². The molecule has 0 aromatic heterocycles. The van der Waals surface area contributed by atoms with Gasteiger partial charge in [0.2, 0.25) is 0 Å². The molecule has 144 valence electrons. The Hall–Kier alpha value is -0.860. The first-order chi connectivity index (χ1) is 11.3. The van der Waals surface area contributed by atoms with Gasteiger partial charge in [0.15, 0.2) is 5.96 Å². The molecule has 0 heterocycles. The van der Waals surface area contributed by atoms with Crippen molar-refractivity contribution in [3.63, 3.8) is 0 Å². The Balaban J connectivity index is 0.00000576. The molecule has 0 aliphatic rings. The lowest BCUT2D eigenvalue weighted by Gasteiger charge is -2.25. The number of aliphatic imine (C=N–C) groups is 1. The Morgan fingerprint density at radius 3 is 2.32 bits per heavy atom. The molecule has 0 saturated heterocycles. The fourth-order valence-electron chi connectivity index (χ4n) is 2.10. The maximum atomic E-state index is 5.43. The highest BCUT2D eigenvalue weighted by atomic mass is 127. The van der Waals surface area contributed by atoms with E-state index in [2.05, 4.69) is 65.7 Å². The number of guanidine groups is 1. The van der Waals surface area contributed by atoms with Crippen LogP contribution in [0.3, 0.4) is 0 Å². The fraction of sp³-hybridized carbons (Fsp3) is 0.632. The summed E-state index contributed by atoms with van der Waals surface area (Å²) >= 11 is 0. The van der Waals surface area contributed by atoms with Crippen molar-refractivity contribution in [2.24, 2.45) is 4.99 Å². The van der Waals surface area contributed by atoms with Gasteiger partial charge in [-0.15, -0.1) is 24.0 Å². The van der Waals surface area contributed by atoms with E-state index < -0.39 is 0 Å². The molecule has 0 amide bonds. The molecule has 0 spiro atoms. The van der Waals surface area contributed by atoms with Gasteiger partial charge in [-0.05, 0) is 45.9 Å². The van der Waals surface area contributed by atoms with E-state index in [4.69, 9.17) is 4.74 Å². The minimum absolute atomic E-state index is 0. The van der Waals surface area contributed by atoms with Crippen LogP contribution in [0.5, 0.6) is 0 Å². The summed E-state index contributed by atoms with van der Waals surface area (Å²) in [6.45, 7) is 10.9. The maximum Gasteiger partial charge on any atom is 0.191 e. The zero-order valence-electron chi connectivity index (χ0n) is 16.7. The third-order valence-electron chi connectivity index (χ3n) is 4.32. The number of halogens is 1. The Labute approximate surface area is 170 Å². The summed E-state index contributed by atoms with van der Waals surface area (Å²) in [5.74, 6) is 0.784. The van der Waals surface area contributed by atoms with Crippen LogP contribution in [0.2, 0.25) is 0 Å². The monoisotopic (exact) mass is 462 g/mol. The molecule has 0 aliphatic carbocycles. The van der Waals surface area contributed by atoms with E-state index in [0.29, 0.717) is 12.6 Å². The van der Waals surface area contributed by atoms with Crippen molar-refractivity contribution in [2.75, 3.05) is 27.7 Å². The number of hydrogen-bond donors (Lipinski definition) is 2. The van der Waals surface area contributed by atoms with Crippen LogP contribution in [-0.2, 0) is 17.8 Å². The van der Waals surface area contributed by atoms with Crippen molar-refractivity contribution in [2.45, 2.75) is 52.4 Å².